The van der Waals surface area contributed by atoms with E-state index in [2.05, 4.69) is 40.8 Å². The topological polar surface area (TPSA) is 156 Å². The number of alkyl halides is 6. The van der Waals surface area contributed by atoms with Crippen molar-refractivity contribution in [2.45, 2.75) is 17.8 Å². The highest BCUT2D eigenvalue weighted by Gasteiger charge is 2.72. The summed E-state index contributed by atoms with van der Waals surface area (Å²) in [5.41, 5.74) is 4.00. The number of aromatic nitrogens is 8. The molecule has 16 aromatic rings. The molecule has 101 heavy (non-hydrogen) atoms. The molecule has 0 spiro atoms. The highest BCUT2D eigenvalue weighted by Crippen LogP contribution is 2.58. The van der Waals surface area contributed by atoms with Crippen molar-refractivity contribution in [2.75, 3.05) is 0 Å². The smallest absolute Gasteiger partial charge is 0.411 e. The molecule has 0 fully saturated rings. The Balaban J connectivity index is 0.800. The van der Waals surface area contributed by atoms with E-state index >= 15 is 26.3 Å². The molecule has 16 rings (SSSR count). The molecule has 4 aromatic heterocycles. The van der Waals surface area contributed by atoms with Crippen molar-refractivity contribution < 1.29 is 44.0 Å². The average molecular weight is 1340 g/mol. The number of halogens is 6. The van der Waals surface area contributed by atoms with E-state index in [0.717, 1.165) is 80.9 Å². The Bertz CT molecular complexity index is 5220. The van der Waals surface area contributed by atoms with Crippen LogP contribution in [0.4, 0.5) is 26.3 Å². The molecule has 0 aliphatic carbocycles. The standard InChI is InChI=1S/C83H50F6N8O4/c84-82(85,86)81(83(87,88)89,67-45-47-69(79-96-94-77(100-79)63-37-25-57(26-38-63)53-17-9-3-10-18-53)71(49-67)59-29-41-65(42-30-59)75-92-90-73(98-75)61-33-21-55(22-34-61)51-13-5-1-6-14-51)68-46-48-70(80-97-95-78(101-80)64-39-27-58(28-40-64)54-19-11-4-12-20-54)72(50-68)60-31-43-66(44-32-60)76-93-91-74(99-76)62-35-23-56(24-36-62)52-15-7-2-8-16-52/h1-50H. The summed E-state index contributed by atoms with van der Waals surface area (Å²) >= 11 is 0. The van der Waals surface area contributed by atoms with Crippen molar-refractivity contribution in [3.8, 4) is 158 Å². The van der Waals surface area contributed by atoms with Crippen LogP contribution in [0.5, 0.6) is 0 Å². The number of hydrogen-bond donors (Lipinski definition) is 0. The molecule has 0 radical (unpaired) electrons. The zero-order valence-corrected chi connectivity index (χ0v) is 52.8. The van der Waals surface area contributed by atoms with E-state index in [1.807, 2.05) is 194 Å². The van der Waals surface area contributed by atoms with Crippen LogP contribution in [0.25, 0.3) is 158 Å². The lowest BCUT2D eigenvalue weighted by atomic mass is 9.71. The molecule has 0 saturated carbocycles. The van der Waals surface area contributed by atoms with E-state index < -0.39 is 28.9 Å². The van der Waals surface area contributed by atoms with Crippen molar-refractivity contribution in [1.82, 2.24) is 40.8 Å². The van der Waals surface area contributed by atoms with Crippen LogP contribution in [-0.2, 0) is 5.41 Å². The summed E-state index contributed by atoms with van der Waals surface area (Å²) in [6, 6.07) is 86.8. The van der Waals surface area contributed by atoms with Crippen LogP contribution in [0, 0.1) is 0 Å². The predicted molar refractivity (Wildman–Crippen MR) is 373 cm³/mol. The van der Waals surface area contributed by atoms with Gasteiger partial charge in [-0.25, -0.2) is 0 Å². The maximum atomic E-state index is 16.9. The van der Waals surface area contributed by atoms with Crippen molar-refractivity contribution in [1.29, 1.82) is 0 Å². The lowest BCUT2D eigenvalue weighted by Crippen LogP contribution is -2.54. The first-order valence-corrected chi connectivity index (χ1v) is 31.9. The summed E-state index contributed by atoms with van der Waals surface area (Å²) in [5, 5.41) is 34.5. The summed E-state index contributed by atoms with van der Waals surface area (Å²) in [4.78, 5) is 0. The van der Waals surface area contributed by atoms with Gasteiger partial charge in [0.15, 0.2) is 0 Å². The molecule has 18 heteroatoms. The molecule has 0 aliphatic rings. The number of benzene rings is 12. The maximum absolute atomic E-state index is 16.9. The van der Waals surface area contributed by atoms with Crippen LogP contribution in [-0.4, -0.2) is 53.1 Å². The first kappa shape index (κ1) is 62.6. The molecule has 0 aliphatic heterocycles. The Morgan fingerprint density at radius 1 is 0.178 bits per heavy atom. The Morgan fingerprint density at radius 3 is 0.594 bits per heavy atom. The third kappa shape index (κ3) is 12.1. The van der Waals surface area contributed by atoms with Crippen LogP contribution < -0.4 is 0 Å². The second kappa shape index (κ2) is 26.0. The zero-order valence-electron chi connectivity index (χ0n) is 52.8. The Morgan fingerprint density at radius 2 is 0.366 bits per heavy atom. The molecule has 488 valence electrons. The summed E-state index contributed by atoms with van der Waals surface area (Å²) in [7, 11) is 0. The Labute approximate surface area is 572 Å². The van der Waals surface area contributed by atoms with Crippen molar-refractivity contribution >= 4 is 0 Å². The van der Waals surface area contributed by atoms with Crippen molar-refractivity contribution in [2.24, 2.45) is 0 Å². The summed E-state index contributed by atoms with van der Waals surface area (Å²) in [5.74, 6) is 0.381. The molecular weight excluding hydrogens is 1290 g/mol. The minimum Gasteiger partial charge on any atom is -0.416 e. The Kier molecular flexibility index (Phi) is 16.1. The highest BCUT2D eigenvalue weighted by molar-refractivity contribution is 5.85. The maximum Gasteiger partial charge on any atom is 0.411 e. The molecule has 12 aromatic carbocycles. The van der Waals surface area contributed by atoms with Crippen LogP contribution >= 0.6 is 0 Å². The lowest BCUT2D eigenvalue weighted by molar-refractivity contribution is -0.288. The largest absolute Gasteiger partial charge is 0.416 e. The molecule has 0 atom stereocenters. The normalized spacial score (nSPS) is 11.9. The second-order valence-corrected chi connectivity index (χ2v) is 23.8. The zero-order chi connectivity index (χ0) is 68.7. The van der Waals surface area contributed by atoms with E-state index in [0.29, 0.717) is 33.4 Å². The quantitative estimate of drug-likeness (QED) is 0.0845. The van der Waals surface area contributed by atoms with Gasteiger partial charge < -0.3 is 17.7 Å². The van der Waals surface area contributed by atoms with Crippen molar-refractivity contribution in [3.05, 3.63) is 314 Å². The van der Waals surface area contributed by atoms with Gasteiger partial charge in [-0.05, 0) is 175 Å². The molecule has 0 amide bonds. The fraction of sp³-hybridized carbons (Fsp3) is 0.0361. The van der Waals surface area contributed by atoms with Crippen LogP contribution in [0.1, 0.15) is 11.1 Å². The van der Waals surface area contributed by atoms with Gasteiger partial charge in [0.25, 0.3) is 0 Å². The first-order chi connectivity index (χ1) is 49.3. The fourth-order valence-corrected chi connectivity index (χ4v) is 12.5. The van der Waals surface area contributed by atoms with Gasteiger partial charge in [-0.3, -0.25) is 0 Å². The van der Waals surface area contributed by atoms with Gasteiger partial charge in [0, 0.05) is 44.5 Å². The molecule has 4 heterocycles. The lowest BCUT2D eigenvalue weighted by Gasteiger charge is -2.39. The second-order valence-electron chi connectivity index (χ2n) is 23.8. The highest BCUT2D eigenvalue weighted by atomic mass is 19.4. The first-order valence-electron chi connectivity index (χ1n) is 31.9. The molecule has 0 unspecified atom stereocenters. The SMILES string of the molecule is FC(F)(F)C(c1ccc(-c2nnc(-c3ccc(-c4ccccc4)cc3)o2)c(-c2ccc(-c3nnc(-c4ccc(-c5ccccc5)cc4)o3)cc2)c1)(c1ccc(-c2nnc(-c3ccc(-c4ccccc4)cc3)o2)c(-c2ccc(-c3nnc(-c4ccc(-c5ccccc5)cc4)o3)cc2)c1)C(F)(F)F. The van der Waals surface area contributed by atoms with Gasteiger partial charge >= 0.3 is 12.4 Å². The van der Waals surface area contributed by atoms with Gasteiger partial charge in [0.2, 0.25) is 52.5 Å². The number of hydrogen-bond acceptors (Lipinski definition) is 12. The molecular formula is C83H50F6N8O4. The third-order valence-electron chi connectivity index (χ3n) is 17.8. The third-order valence-corrected chi connectivity index (χ3v) is 17.8. The van der Waals surface area contributed by atoms with E-state index in [-0.39, 0.29) is 80.5 Å². The minimum absolute atomic E-state index is 0.0331. The fourth-order valence-electron chi connectivity index (χ4n) is 12.5. The average Bonchev–Trinajstić information content (AvgIpc) is 1.50. The number of rotatable bonds is 16. The summed E-state index contributed by atoms with van der Waals surface area (Å²) in [6.45, 7) is 0. The minimum atomic E-state index is -6.07. The molecule has 0 saturated heterocycles. The van der Waals surface area contributed by atoms with Gasteiger partial charge in [-0.1, -0.05) is 206 Å². The van der Waals surface area contributed by atoms with E-state index in [4.69, 9.17) is 17.7 Å². The van der Waals surface area contributed by atoms with Crippen LogP contribution in [0.15, 0.2) is 321 Å². The summed E-state index contributed by atoms with van der Waals surface area (Å²) in [6.07, 6.45) is -12.1. The predicted octanol–water partition coefficient (Wildman–Crippen LogP) is 22.0. The van der Waals surface area contributed by atoms with E-state index in [9.17, 15) is 0 Å². The Hall–Kier alpha value is -13.2. The summed E-state index contributed by atoms with van der Waals surface area (Å²) < 4.78 is 126. The van der Waals surface area contributed by atoms with Gasteiger partial charge in [0.05, 0.1) is 0 Å². The van der Waals surface area contributed by atoms with E-state index in [1.165, 1.54) is 24.3 Å². The van der Waals surface area contributed by atoms with Gasteiger partial charge in [-0.2, -0.15) is 26.3 Å². The molecule has 0 N–H and O–H groups in total. The van der Waals surface area contributed by atoms with Crippen LogP contribution in [0.3, 0.4) is 0 Å². The van der Waals surface area contributed by atoms with Gasteiger partial charge in [0.1, 0.15) is 0 Å². The molecule has 0 bridgehead atoms. The van der Waals surface area contributed by atoms with E-state index in [1.54, 1.807) is 48.5 Å². The van der Waals surface area contributed by atoms with Crippen molar-refractivity contribution in [3.63, 3.8) is 0 Å². The van der Waals surface area contributed by atoms with Gasteiger partial charge in [-0.15, -0.1) is 40.8 Å². The van der Waals surface area contributed by atoms with Crippen LogP contribution in [0.2, 0.25) is 0 Å². The molecule has 12 nitrogen and oxygen atoms in total. The monoisotopic (exact) mass is 1340 g/mol. The number of nitrogens with zero attached hydrogens (tertiary/aromatic N) is 8.